The number of carbonyl (C=O) groups is 1. The summed E-state index contributed by atoms with van der Waals surface area (Å²) in [6.45, 7) is 0. The van der Waals surface area contributed by atoms with Crippen LogP contribution in [0.1, 0.15) is 51.4 Å². The van der Waals surface area contributed by atoms with Crippen LogP contribution in [0.25, 0.3) is 0 Å². The quantitative estimate of drug-likeness (QED) is 0.802. The Hall–Kier alpha value is -0.220. The number of hydrogen-bond donors (Lipinski definition) is 1. The smallest absolute Gasteiger partial charge is 0.308 e. The van der Waals surface area contributed by atoms with Gasteiger partial charge in [0.1, 0.15) is 0 Å². The molecule has 4 heteroatoms. The van der Waals surface area contributed by atoms with Gasteiger partial charge >= 0.3 is 5.97 Å². The summed E-state index contributed by atoms with van der Waals surface area (Å²) in [6.07, 6.45) is 9.31. The van der Waals surface area contributed by atoms with Crippen LogP contribution in [0.3, 0.4) is 0 Å². The fourth-order valence-electron chi connectivity index (χ4n) is 3.10. The number of nitrogens with two attached hydrogens (primary N) is 1. The zero-order chi connectivity index (χ0) is 13.0. The maximum atomic E-state index is 11.5. The molecular formula is C14H25NO2S. The molecule has 0 atom stereocenters. The van der Waals surface area contributed by atoms with E-state index in [2.05, 4.69) is 11.8 Å². The summed E-state index contributed by atoms with van der Waals surface area (Å²) in [5.74, 6) is 0.147. The van der Waals surface area contributed by atoms with Crippen molar-refractivity contribution in [3.63, 3.8) is 0 Å². The molecule has 2 aliphatic carbocycles. The van der Waals surface area contributed by atoms with Crippen molar-refractivity contribution < 1.29 is 9.53 Å². The van der Waals surface area contributed by atoms with Gasteiger partial charge in [0.2, 0.25) is 0 Å². The number of thioether (sulfide) groups is 1. The van der Waals surface area contributed by atoms with E-state index >= 15 is 0 Å². The van der Waals surface area contributed by atoms with Crippen LogP contribution >= 0.6 is 11.8 Å². The lowest BCUT2D eigenvalue weighted by atomic mass is 9.89. The molecule has 2 N–H and O–H groups in total. The molecule has 0 bridgehead atoms. The van der Waals surface area contributed by atoms with Gasteiger partial charge in [-0.25, -0.2) is 0 Å². The molecule has 2 aliphatic rings. The van der Waals surface area contributed by atoms with Crippen molar-refractivity contribution in [2.75, 3.05) is 7.11 Å². The van der Waals surface area contributed by atoms with Gasteiger partial charge in [-0.1, -0.05) is 0 Å². The minimum Gasteiger partial charge on any atom is -0.469 e. The van der Waals surface area contributed by atoms with Gasteiger partial charge in [-0.3, -0.25) is 4.79 Å². The second-order valence-electron chi connectivity index (χ2n) is 5.67. The van der Waals surface area contributed by atoms with E-state index in [0.29, 0.717) is 6.04 Å². The monoisotopic (exact) mass is 271 g/mol. The Morgan fingerprint density at radius 2 is 1.50 bits per heavy atom. The second kappa shape index (κ2) is 6.80. The van der Waals surface area contributed by atoms with Gasteiger partial charge < -0.3 is 10.5 Å². The summed E-state index contributed by atoms with van der Waals surface area (Å²) in [6, 6.07) is 0.442. The van der Waals surface area contributed by atoms with Gasteiger partial charge in [-0.05, 0) is 51.4 Å². The summed E-state index contributed by atoms with van der Waals surface area (Å²) in [5.41, 5.74) is 5.94. The molecule has 0 spiro atoms. The first-order chi connectivity index (χ1) is 8.69. The highest BCUT2D eigenvalue weighted by Gasteiger charge is 2.29. The van der Waals surface area contributed by atoms with Crippen LogP contribution in [0, 0.1) is 5.92 Å². The first-order valence-electron chi connectivity index (χ1n) is 7.18. The molecule has 104 valence electrons. The van der Waals surface area contributed by atoms with Crippen LogP contribution in [0.5, 0.6) is 0 Å². The zero-order valence-electron chi connectivity index (χ0n) is 11.3. The molecule has 0 aromatic rings. The third-order valence-corrected chi connectivity index (χ3v) is 6.03. The lowest BCUT2D eigenvalue weighted by Gasteiger charge is -2.32. The van der Waals surface area contributed by atoms with E-state index < -0.39 is 0 Å². The summed E-state index contributed by atoms with van der Waals surface area (Å²) in [4.78, 5) is 11.5. The standard InChI is InChI=1S/C14H25NO2S/c1-17-14(16)10-2-6-12(7-3-10)18-13-8-4-11(15)5-9-13/h10-13H,2-9,15H2,1H3. The molecule has 0 aliphatic heterocycles. The average molecular weight is 271 g/mol. The minimum absolute atomic E-state index is 0.0120. The topological polar surface area (TPSA) is 52.3 Å². The molecule has 0 aromatic heterocycles. The van der Waals surface area contributed by atoms with E-state index in [1.807, 2.05) is 0 Å². The molecule has 2 rings (SSSR count). The van der Waals surface area contributed by atoms with Gasteiger partial charge in [-0.15, -0.1) is 0 Å². The van der Waals surface area contributed by atoms with Crippen molar-refractivity contribution in [1.82, 2.24) is 0 Å². The van der Waals surface area contributed by atoms with Crippen LogP contribution < -0.4 is 5.73 Å². The van der Waals surface area contributed by atoms with Crippen LogP contribution in [0.2, 0.25) is 0 Å². The Labute approximate surface area is 114 Å². The Balaban J connectivity index is 1.69. The fraction of sp³-hybridized carbons (Fsp3) is 0.929. The summed E-state index contributed by atoms with van der Waals surface area (Å²) < 4.78 is 4.83. The van der Waals surface area contributed by atoms with E-state index in [0.717, 1.165) is 23.3 Å². The normalized spacial score (nSPS) is 37.2. The third kappa shape index (κ3) is 3.89. The molecule has 0 unspecified atom stereocenters. The van der Waals surface area contributed by atoms with Crippen LogP contribution in [-0.2, 0) is 9.53 Å². The van der Waals surface area contributed by atoms with Crippen molar-refractivity contribution in [3.8, 4) is 0 Å². The van der Waals surface area contributed by atoms with Crippen LogP contribution in [-0.4, -0.2) is 29.6 Å². The van der Waals surface area contributed by atoms with E-state index in [-0.39, 0.29) is 11.9 Å². The first-order valence-corrected chi connectivity index (χ1v) is 8.12. The summed E-state index contributed by atoms with van der Waals surface area (Å²) in [5, 5.41) is 1.56. The van der Waals surface area contributed by atoms with Crippen molar-refractivity contribution in [2.24, 2.45) is 11.7 Å². The molecule has 18 heavy (non-hydrogen) atoms. The first kappa shape index (κ1) is 14.2. The largest absolute Gasteiger partial charge is 0.469 e. The van der Waals surface area contributed by atoms with E-state index in [4.69, 9.17) is 10.5 Å². The second-order valence-corrected chi connectivity index (χ2v) is 7.28. The van der Waals surface area contributed by atoms with E-state index in [1.54, 1.807) is 0 Å². The summed E-state index contributed by atoms with van der Waals surface area (Å²) >= 11 is 2.16. The summed E-state index contributed by atoms with van der Waals surface area (Å²) in [7, 11) is 1.49. The highest BCUT2D eigenvalue weighted by molar-refractivity contribution is 8.00. The third-order valence-electron chi connectivity index (χ3n) is 4.31. The molecule has 2 saturated carbocycles. The number of rotatable bonds is 3. The lowest BCUT2D eigenvalue weighted by Crippen LogP contribution is -2.30. The maximum absolute atomic E-state index is 11.5. The van der Waals surface area contributed by atoms with Crippen molar-refractivity contribution in [1.29, 1.82) is 0 Å². The van der Waals surface area contributed by atoms with Crippen molar-refractivity contribution in [2.45, 2.75) is 67.9 Å². The van der Waals surface area contributed by atoms with E-state index in [1.165, 1.54) is 45.6 Å². The number of carbonyl (C=O) groups excluding carboxylic acids is 1. The van der Waals surface area contributed by atoms with Crippen molar-refractivity contribution >= 4 is 17.7 Å². The average Bonchev–Trinajstić information content (AvgIpc) is 2.41. The molecule has 0 radical (unpaired) electrons. The molecular weight excluding hydrogens is 246 g/mol. The minimum atomic E-state index is -0.0120. The maximum Gasteiger partial charge on any atom is 0.308 e. The van der Waals surface area contributed by atoms with Gasteiger partial charge in [-0.2, -0.15) is 11.8 Å². The highest BCUT2D eigenvalue weighted by Crippen LogP contribution is 2.38. The fourth-order valence-corrected chi connectivity index (χ4v) is 4.73. The zero-order valence-corrected chi connectivity index (χ0v) is 12.1. The van der Waals surface area contributed by atoms with Crippen LogP contribution in [0.15, 0.2) is 0 Å². The number of esters is 1. The molecule has 0 heterocycles. The predicted molar refractivity (Wildman–Crippen MR) is 75.6 cm³/mol. The molecule has 2 fully saturated rings. The van der Waals surface area contributed by atoms with Crippen molar-refractivity contribution in [3.05, 3.63) is 0 Å². The van der Waals surface area contributed by atoms with Gasteiger partial charge in [0.25, 0.3) is 0 Å². The Bertz CT molecular complexity index is 269. The lowest BCUT2D eigenvalue weighted by molar-refractivity contribution is -0.146. The Morgan fingerprint density at radius 1 is 1.00 bits per heavy atom. The van der Waals surface area contributed by atoms with Gasteiger partial charge in [0.15, 0.2) is 0 Å². The predicted octanol–water partition coefficient (Wildman–Crippen LogP) is 2.72. The molecule has 0 amide bonds. The molecule has 0 saturated heterocycles. The highest BCUT2D eigenvalue weighted by atomic mass is 32.2. The van der Waals surface area contributed by atoms with Crippen LogP contribution in [0.4, 0.5) is 0 Å². The Morgan fingerprint density at radius 3 is 2.00 bits per heavy atom. The van der Waals surface area contributed by atoms with E-state index in [9.17, 15) is 4.79 Å². The van der Waals surface area contributed by atoms with Gasteiger partial charge in [0.05, 0.1) is 13.0 Å². The Kier molecular flexibility index (Phi) is 5.37. The number of hydrogen-bond acceptors (Lipinski definition) is 4. The molecule has 0 aromatic carbocycles. The molecule has 3 nitrogen and oxygen atoms in total. The SMILES string of the molecule is COC(=O)C1CCC(SC2CCC(N)CC2)CC1. The number of methoxy groups -OCH3 is 1. The number of ether oxygens (including phenoxy) is 1. The van der Waals surface area contributed by atoms with Gasteiger partial charge in [0, 0.05) is 16.5 Å².